The zero-order valence-electron chi connectivity index (χ0n) is 9.69. The van der Waals surface area contributed by atoms with E-state index in [1.165, 1.54) is 0 Å². The second kappa shape index (κ2) is 3.70. The monoisotopic (exact) mass is 228 g/mol. The number of benzene rings is 2. The van der Waals surface area contributed by atoms with Gasteiger partial charge in [0.25, 0.3) is 0 Å². The molecule has 0 saturated heterocycles. The summed E-state index contributed by atoms with van der Waals surface area (Å²) in [6.45, 7) is 0. The third kappa shape index (κ3) is 1.51. The Balaban J connectivity index is 2.34. The van der Waals surface area contributed by atoms with E-state index in [9.17, 15) is 0 Å². The van der Waals surface area contributed by atoms with Crippen LogP contribution in [0.1, 0.15) is 0 Å². The van der Waals surface area contributed by atoms with Gasteiger partial charge in [0, 0.05) is 16.8 Å². The van der Waals surface area contributed by atoms with Crippen molar-refractivity contribution in [3.8, 4) is 11.5 Å². The number of hydrogen-bond acceptors (Lipinski definition) is 3. The first-order chi connectivity index (χ1) is 8.31. The van der Waals surface area contributed by atoms with Crippen molar-refractivity contribution in [2.24, 2.45) is 0 Å². The molecule has 3 nitrogen and oxygen atoms in total. The Kier molecular flexibility index (Phi) is 2.18. The van der Waals surface area contributed by atoms with Crippen LogP contribution in [0.15, 0.2) is 40.8 Å². The van der Waals surface area contributed by atoms with E-state index in [4.69, 9.17) is 13.9 Å². The fourth-order valence-corrected chi connectivity index (χ4v) is 1.99. The van der Waals surface area contributed by atoms with Crippen molar-refractivity contribution in [1.82, 2.24) is 0 Å². The lowest BCUT2D eigenvalue weighted by molar-refractivity contribution is 0.414. The minimum Gasteiger partial charge on any atom is -0.497 e. The first-order valence-electron chi connectivity index (χ1n) is 5.36. The van der Waals surface area contributed by atoms with Crippen LogP contribution in [-0.4, -0.2) is 14.2 Å². The van der Waals surface area contributed by atoms with E-state index in [0.717, 1.165) is 33.4 Å². The highest BCUT2D eigenvalue weighted by Crippen LogP contribution is 2.33. The van der Waals surface area contributed by atoms with E-state index >= 15 is 0 Å². The van der Waals surface area contributed by atoms with Crippen molar-refractivity contribution < 1.29 is 13.9 Å². The van der Waals surface area contributed by atoms with E-state index in [0.29, 0.717) is 0 Å². The molecule has 0 fully saturated rings. The third-order valence-electron chi connectivity index (χ3n) is 2.89. The summed E-state index contributed by atoms with van der Waals surface area (Å²) in [5, 5.41) is 2.13. The van der Waals surface area contributed by atoms with Crippen molar-refractivity contribution in [3.05, 3.63) is 36.4 Å². The predicted octanol–water partition coefficient (Wildman–Crippen LogP) is 3.60. The normalized spacial score (nSPS) is 10.9. The SMILES string of the molecule is COc1ccc2c(c1)oc1ccc(OC)cc12. The van der Waals surface area contributed by atoms with Gasteiger partial charge in [0.1, 0.15) is 22.7 Å². The summed E-state index contributed by atoms with van der Waals surface area (Å²) >= 11 is 0. The van der Waals surface area contributed by atoms with E-state index in [1.807, 2.05) is 36.4 Å². The fraction of sp³-hybridized carbons (Fsp3) is 0.143. The summed E-state index contributed by atoms with van der Waals surface area (Å²) in [7, 11) is 3.30. The molecule has 3 rings (SSSR count). The lowest BCUT2D eigenvalue weighted by atomic mass is 10.1. The van der Waals surface area contributed by atoms with Crippen LogP contribution in [-0.2, 0) is 0 Å². The molecule has 86 valence electrons. The smallest absolute Gasteiger partial charge is 0.139 e. The molecule has 0 bridgehead atoms. The molecule has 0 aliphatic carbocycles. The van der Waals surface area contributed by atoms with Gasteiger partial charge in [0.05, 0.1) is 14.2 Å². The quantitative estimate of drug-likeness (QED) is 0.671. The summed E-state index contributed by atoms with van der Waals surface area (Å²) in [5.74, 6) is 1.62. The molecule has 2 aromatic carbocycles. The first kappa shape index (κ1) is 10.0. The Labute approximate surface area is 98.5 Å². The van der Waals surface area contributed by atoms with Crippen molar-refractivity contribution in [1.29, 1.82) is 0 Å². The maximum atomic E-state index is 5.76. The second-order valence-electron chi connectivity index (χ2n) is 3.83. The minimum atomic E-state index is 0.795. The molecule has 0 aliphatic rings. The lowest BCUT2D eigenvalue weighted by Gasteiger charge is -1.98. The number of fused-ring (bicyclic) bond motifs is 3. The minimum absolute atomic E-state index is 0.795. The van der Waals surface area contributed by atoms with Crippen LogP contribution in [0.3, 0.4) is 0 Å². The molecular formula is C14H12O3. The fourth-order valence-electron chi connectivity index (χ4n) is 1.99. The molecule has 0 atom stereocenters. The highest BCUT2D eigenvalue weighted by molar-refractivity contribution is 6.05. The number of ether oxygens (including phenoxy) is 2. The van der Waals surface area contributed by atoms with E-state index in [1.54, 1.807) is 14.2 Å². The van der Waals surface area contributed by atoms with Gasteiger partial charge in [-0.25, -0.2) is 0 Å². The molecule has 1 heterocycles. The van der Waals surface area contributed by atoms with Crippen molar-refractivity contribution in [2.45, 2.75) is 0 Å². The van der Waals surface area contributed by atoms with Gasteiger partial charge in [-0.15, -0.1) is 0 Å². The van der Waals surface area contributed by atoms with Crippen LogP contribution >= 0.6 is 0 Å². The molecule has 0 radical (unpaired) electrons. The number of methoxy groups -OCH3 is 2. The Morgan fingerprint density at radius 2 is 1.47 bits per heavy atom. The maximum Gasteiger partial charge on any atom is 0.139 e. The Hall–Kier alpha value is -2.16. The topological polar surface area (TPSA) is 31.6 Å². The van der Waals surface area contributed by atoms with E-state index in [-0.39, 0.29) is 0 Å². The summed E-state index contributed by atoms with van der Waals surface area (Å²) in [4.78, 5) is 0. The van der Waals surface area contributed by atoms with Gasteiger partial charge in [-0.05, 0) is 30.3 Å². The summed E-state index contributed by atoms with van der Waals surface area (Å²) in [5.41, 5.74) is 1.68. The maximum absolute atomic E-state index is 5.76. The molecule has 0 spiro atoms. The highest BCUT2D eigenvalue weighted by atomic mass is 16.5. The van der Waals surface area contributed by atoms with Crippen LogP contribution in [0.2, 0.25) is 0 Å². The number of furan rings is 1. The lowest BCUT2D eigenvalue weighted by Crippen LogP contribution is -1.81. The van der Waals surface area contributed by atoms with Gasteiger partial charge in [-0.1, -0.05) is 0 Å². The molecule has 0 aliphatic heterocycles. The Morgan fingerprint density at radius 1 is 0.765 bits per heavy atom. The molecule has 3 heteroatoms. The van der Waals surface area contributed by atoms with Crippen molar-refractivity contribution >= 4 is 21.9 Å². The standard InChI is InChI=1S/C14H12O3/c1-15-9-4-6-13-12(7-9)11-5-3-10(16-2)8-14(11)17-13/h3-8H,1-2H3. The zero-order valence-corrected chi connectivity index (χ0v) is 9.69. The van der Waals surface area contributed by atoms with Crippen LogP contribution in [0.25, 0.3) is 21.9 Å². The van der Waals surface area contributed by atoms with E-state index < -0.39 is 0 Å². The molecule has 0 N–H and O–H groups in total. The van der Waals surface area contributed by atoms with Gasteiger partial charge in [0.15, 0.2) is 0 Å². The van der Waals surface area contributed by atoms with Gasteiger partial charge >= 0.3 is 0 Å². The Bertz CT molecular complexity index is 682. The van der Waals surface area contributed by atoms with E-state index in [2.05, 4.69) is 0 Å². The summed E-state index contributed by atoms with van der Waals surface area (Å²) in [6, 6.07) is 11.6. The van der Waals surface area contributed by atoms with Crippen LogP contribution in [0.4, 0.5) is 0 Å². The summed E-state index contributed by atoms with van der Waals surface area (Å²) < 4.78 is 16.2. The molecule has 0 saturated carbocycles. The highest BCUT2D eigenvalue weighted by Gasteiger charge is 2.08. The average Bonchev–Trinajstić information content (AvgIpc) is 2.74. The Morgan fingerprint density at radius 3 is 2.24 bits per heavy atom. The van der Waals surface area contributed by atoms with Gasteiger partial charge in [0.2, 0.25) is 0 Å². The van der Waals surface area contributed by atoms with Gasteiger partial charge in [-0.2, -0.15) is 0 Å². The van der Waals surface area contributed by atoms with Crippen LogP contribution < -0.4 is 9.47 Å². The van der Waals surface area contributed by atoms with Crippen molar-refractivity contribution in [2.75, 3.05) is 14.2 Å². The largest absolute Gasteiger partial charge is 0.497 e. The first-order valence-corrected chi connectivity index (χ1v) is 5.36. The van der Waals surface area contributed by atoms with Crippen LogP contribution in [0.5, 0.6) is 11.5 Å². The molecular weight excluding hydrogens is 216 g/mol. The molecule has 0 unspecified atom stereocenters. The second-order valence-corrected chi connectivity index (χ2v) is 3.83. The van der Waals surface area contributed by atoms with Crippen molar-refractivity contribution in [3.63, 3.8) is 0 Å². The van der Waals surface area contributed by atoms with Gasteiger partial charge < -0.3 is 13.9 Å². The molecule has 17 heavy (non-hydrogen) atoms. The summed E-state index contributed by atoms with van der Waals surface area (Å²) in [6.07, 6.45) is 0. The zero-order chi connectivity index (χ0) is 11.8. The average molecular weight is 228 g/mol. The van der Waals surface area contributed by atoms with Gasteiger partial charge in [-0.3, -0.25) is 0 Å². The third-order valence-corrected chi connectivity index (χ3v) is 2.89. The molecule has 3 aromatic rings. The number of rotatable bonds is 2. The predicted molar refractivity (Wildman–Crippen MR) is 66.8 cm³/mol. The molecule has 0 amide bonds. The molecule has 1 aromatic heterocycles. The van der Waals surface area contributed by atoms with Crippen LogP contribution in [0, 0.1) is 0 Å². The number of hydrogen-bond donors (Lipinski definition) is 0.